The van der Waals surface area contributed by atoms with Crippen LogP contribution in [0.25, 0.3) is 5.65 Å². The zero-order valence-corrected chi connectivity index (χ0v) is 16.8. The van der Waals surface area contributed by atoms with Gasteiger partial charge in [-0.15, -0.1) is 5.10 Å². The Morgan fingerprint density at radius 2 is 2.20 bits per heavy atom. The van der Waals surface area contributed by atoms with E-state index in [1.807, 2.05) is 38.2 Å². The minimum absolute atomic E-state index is 0.0168. The predicted octanol–water partition coefficient (Wildman–Crippen LogP) is 1.65. The second kappa shape index (κ2) is 5.10. The first-order valence-corrected chi connectivity index (χ1v) is 10.4. The van der Waals surface area contributed by atoms with Crippen LogP contribution in [0.1, 0.15) is 25.8 Å². The van der Waals surface area contributed by atoms with E-state index in [-0.39, 0.29) is 5.91 Å². The molecule has 9 nitrogen and oxygen atoms in total. The molecule has 3 aliphatic heterocycles. The monoisotopic (exact) mass is 402 g/mol. The molecule has 4 aliphatic rings. The number of anilines is 4. The first-order chi connectivity index (χ1) is 14.5. The van der Waals surface area contributed by atoms with Gasteiger partial charge in [0.2, 0.25) is 11.9 Å². The number of carbonyl (C=O) groups excluding carboxylic acids is 1. The molecule has 1 spiro atoms. The Kier molecular flexibility index (Phi) is 2.82. The molecule has 9 heteroatoms. The number of rotatable bonds is 3. The summed E-state index contributed by atoms with van der Waals surface area (Å²) in [7, 11) is 0. The Hall–Kier alpha value is -3.20. The molecule has 1 aliphatic carbocycles. The molecule has 1 saturated carbocycles. The van der Waals surface area contributed by atoms with E-state index >= 15 is 0 Å². The molecule has 3 aromatic rings. The van der Waals surface area contributed by atoms with Crippen molar-refractivity contribution in [2.45, 2.75) is 37.3 Å². The third kappa shape index (κ3) is 1.95. The molecule has 0 bridgehead atoms. The van der Waals surface area contributed by atoms with Gasteiger partial charge in [0.25, 0.3) is 0 Å². The summed E-state index contributed by atoms with van der Waals surface area (Å²) in [5, 5.41) is 14.5. The average molecular weight is 402 g/mol. The van der Waals surface area contributed by atoms with Gasteiger partial charge in [-0.3, -0.25) is 4.79 Å². The molecule has 0 radical (unpaired) electrons. The van der Waals surface area contributed by atoms with E-state index in [2.05, 4.69) is 30.9 Å². The molecule has 30 heavy (non-hydrogen) atoms. The van der Waals surface area contributed by atoms with E-state index in [1.54, 1.807) is 10.7 Å². The number of amides is 1. The van der Waals surface area contributed by atoms with E-state index in [9.17, 15) is 4.79 Å². The molecule has 5 heterocycles. The van der Waals surface area contributed by atoms with Crippen molar-refractivity contribution in [3.8, 4) is 0 Å². The molecule has 3 unspecified atom stereocenters. The van der Waals surface area contributed by atoms with Gasteiger partial charge in [-0.25, -0.2) is 9.50 Å². The van der Waals surface area contributed by atoms with Gasteiger partial charge in [-0.2, -0.15) is 4.98 Å². The summed E-state index contributed by atoms with van der Waals surface area (Å²) < 4.78 is 1.78. The third-order valence-corrected chi connectivity index (χ3v) is 7.44. The van der Waals surface area contributed by atoms with Crippen molar-refractivity contribution in [1.82, 2.24) is 24.9 Å². The van der Waals surface area contributed by atoms with Crippen LogP contribution < -0.4 is 20.9 Å². The highest BCUT2D eigenvalue weighted by Gasteiger charge is 2.71. The number of benzene rings is 1. The molecule has 3 N–H and O–H groups in total. The molecule has 2 aromatic heterocycles. The highest BCUT2D eigenvalue weighted by Crippen LogP contribution is 2.58. The standard InChI is InChI=1S/C21H22N8O/c1-20(2)13-4-3-12(7-14(13)25-18(20)30)24-19-26-17-16(22-5-6-29(17)27-19)28-10-11-8-21(11)15(28)9-23-21/h3-7,11,15,23H,8-10H2,1-2H3,(H,24,27)(H,25,30). The predicted molar refractivity (Wildman–Crippen MR) is 112 cm³/mol. The quantitative estimate of drug-likeness (QED) is 0.613. The first kappa shape index (κ1) is 16.6. The van der Waals surface area contributed by atoms with Crippen LogP contribution in [0.2, 0.25) is 0 Å². The topological polar surface area (TPSA) is 99.5 Å². The van der Waals surface area contributed by atoms with Gasteiger partial charge in [-0.05, 0) is 43.9 Å². The van der Waals surface area contributed by atoms with E-state index in [0.717, 1.165) is 47.4 Å². The summed E-state index contributed by atoms with van der Waals surface area (Å²) in [6, 6.07) is 6.39. The minimum Gasteiger partial charge on any atom is -0.347 e. The van der Waals surface area contributed by atoms with Gasteiger partial charge >= 0.3 is 0 Å². The molecular formula is C21H22N8O. The second-order valence-corrected chi connectivity index (χ2v) is 9.41. The van der Waals surface area contributed by atoms with Crippen molar-refractivity contribution in [2.75, 3.05) is 28.6 Å². The highest BCUT2D eigenvalue weighted by atomic mass is 16.2. The van der Waals surface area contributed by atoms with Crippen LogP contribution in [0.4, 0.5) is 23.1 Å². The Labute approximate surface area is 172 Å². The van der Waals surface area contributed by atoms with Crippen LogP contribution >= 0.6 is 0 Å². The van der Waals surface area contributed by atoms with Crippen LogP contribution in [0.3, 0.4) is 0 Å². The zero-order valence-electron chi connectivity index (χ0n) is 16.8. The van der Waals surface area contributed by atoms with Crippen molar-refractivity contribution in [1.29, 1.82) is 0 Å². The zero-order chi connectivity index (χ0) is 20.3. The summed E-state index contributed by atoms with van der Waals surface area (Å²) in [5.74, 6) is 2.16. The summed E-state index contributed by atoms with van der Waals surface area (Å²) >= 11 is 0. The lowest BCUT2D eigenvalue weighted by molar-refractivity contribution is -0.119. The maximum Gasteiger partial charge on any atom is 0.247 e. The van der Waals surface area contributed by atoms with Gasteiger partial charge in [0.05, 0.1) is 11.5 Å². The summed E-state index contributed by atoms with van der Waals surface area (Å²) in [5.41, 5.74) is 3.25. The third-order valence-electron chi connectivity index (χ3n) is 7.44. The number of aromatic nitrogens is 4. The fraction of sp³-hybridized carbons (Fsp3) is 0.429. The van der Waals surface area contributed by atoms with E-state index < -0.39 is 5.41 Å². The molecule has 3 fully saturated rings. The van der Waals surface area contributed by atoms with Crippen molar-refractivity contribution in [2.24, 2.45) is 5.92 Å². The van der Waals surface area contributed by atoms with Gasteiger partial charge < -0.3 is 20.9 Å². The molecule has 1 aromatic carbocycles. The Morgan fingerprint density at radius 3 is 3.00 bits per heavy atom. The lowest BCUT2D eigenvalue weighted by Crippen LogP contribution is -2.64. The molecule has 152 valence electrons. The van der Waals surface area contributed by atoms with Gasteiger partial charge in [0.1, 0.15) is 0 Å². The van der Waals surface area contributed by atoms with E-state index in [1.165, 1.54) is 6.42 Å². The van der Waals surface area contributed by atoms with Gasteiger partial charge in [0.15, 0.2) is 11.5 Å². The smallest absolute Gasteiger partial charge is 0.247 e. The fourth-order valence-corrected chi connectivity index (χ4v) is 5.50. The maximum absolute atomic E-state index is 12.2. The largest absolute Gasteiger partial charge is 0.347 e. The molecular weight excluding hydrogens is 380 g/mol. The van der Waals surface area contributed by atoms with Crippen molar-refractivity contribution >= 4 is 34.7 Å². The molecule has 3 atom stereocenters. The van der Waals surface area contributed by atoms with Crippen molar-refractivity contribution in [3.63, 3.8) is 0 Å². The molecule has 7 rings (SSSR count). The number of nitrogens with zero attached hydrogens (tertiary/aromatic N) is 5. The normalized spacial score (nSPS) is 29.8. The maximum atomic E-state index is 12.2. The van der Waals surface area contributed by atoms with Gasteiger partial charge in [0, 0.05) is 42.4 Å². The molecule has 2 saturated heterocycles. The fourth-order valence-electron chi connectivity index (χ4n) is 5.50. The average Bonchev–Trinajstić information content (AvgIpc) is 3.14. The SMILES string of the molecule is CC1(C)C(=O)Nc2cc(Nc3nc4c(N5CC6CC67NCC57)nccn4n3)ccc21. The van der Waals surface area contributed by atoms with E-state index in [4.69, 9.17) is 4.98 Å². The minimum atomic E-state index is -0.514. The Bertz CT molecular complexity index is 1250. The van der Waals surface area contributed by atoms with Crippen LogP contribution in [0.15, 0.2) is 30.6 Å². The Morgan fingerprint density at radius 1 is 1.30 bits per heavy atom. The number of hydrogen-bond acceptors (Lipinski definition) is 7. The number of fused-ring (bicyclic) bond motifs is 2. The summed E-state index contributed by atoms with van der Waals surface area (Å²) in [4.78, 5) is 24.0. The van der Waals surface area contributed by atoms with E-state index in [0.29, 0.717) is 17.5 Å². The second-order valence-electron chi connectivity index (χ2n) is 9.41. The van der Waals surface area contributed by atoms with Crippen LogP contribution in [-0.4, -0.2) is 50.2 Å². The molecule has 1 amide bonds. The Balaban J connectivity index is 1.21. The lowest BCUT2D eigenvalue weighted by Gasteiger charge is -2.41. The number of piperidine rings is 1. The summed E-state index contributed by atoms with van der Waals surface area (Å²) in [6.07, 6.45) is 4.90. The lowest BCUT2D eigenvalue weighted by atomic mass is 9.86. The highest BCUT2D eigenvalue weighted by molar-refractivity contribution is 6.06. The van der Waals surface area contributed by atoms with Crippen LogP contribution in [0, 0.1) is 5.92 Å². The summed E-state index contributed by atoms with van der Waals surface area (Å²) in [6.45, 7) is 5.91. The van der Waals surface area contributed by atoms with Crippen molar-refractivity contribution in [3.05, 3.63) is 36.2 Å². The van der Waals surface area contributed by atoms with Crippen LogP contribution in [0.5, 0.6) is 0 Å². The first-order valence-electron chi connectivity index (χ1n) is 10.4. The number of carbonyl (C=O) groups is 1. The van der Waals surface area contributed by atoms with Crippen LogP contribution in [-0.2, 0) is 10.2 Å². The number of hydrogen-bond donors (Lipinski definition) is 3. The van der Waals surface area contributed by atoms with Crippen molar-refractivity contribution < 1.29 is 4.79 Å². The van der Waals surface area contributed by atoms with Gasteiger partial charge in [-0.1, -0.05) is 6.07 Å². The number of nitrogens with one attached hydrogen (secondary N) is 3.